The Kier molecular flexibility index (Phi) is 5.09. The van der Waals surface area contributed by atoms with E-state index in [1.165, 1.54) is 16.0 Å². The largest absolute Gasteiger partial charge is 0.338 e. The number of anilines is 1. The fraction of sp³-hybridized carbons (Fsp3) is 0.304. The standard InChI is InChI=1S/C23H25N3OS2/c1-6-24-22(27)26-18-12-9-15(3)13-17(18)19-20(23(26,4)5)28-29-21(19)25-16-10-7-14(2)8-11-16/h7-13H,6H2,1-5H3,(H,24,27). The third kappa shape index (κ3) is 3.40. The van der Waals surface area contributed by atoms with E-state index in [0.717, 1.165) is 27.2 Å². The molecule has 0 aliphatic carbocycles. The first-order chi connectivity index (χ1) is 13.8. The number of benzene rings is 2. The molecule has 1 aromatic heterocycles. The second kappa shape index (κ2) is 7.43. The first-order valence-electron chi connectivity index (χ1n) is 9.77. The van der Waals surface area contributed by atoms with Crippen LogP contribution < -0.4 is 14.9 Å². The number of hydrogen-bond donors (Lipinski definition) is 1. The molecule has 4 nitrogen and oxygen atoms in total. The lowest BCUT2D eigenvalue weighted by atomic mass is 9.87. The van der Waals surface area contributed by atoms with Crippen LogP contribution in [0.5, 0.6) is 0 Å². The summed E-state index contributed by atoms with van der Waals surface area (Å²) >= 11 is 0. The van der Waals surface area contributed by atoms with Crippen molar-refractivity contribution in [3.05, 3.63) is 63.1 Å². The maximum Gasteiger partial charge on any atom is 0.322 e. The van der Waals surface area contributed by atoms with Crippen LogP contribution in [-0.4, -0.2) is 12.6 Å². The van der Waals surface area contributed by atoms with Gasteiger partial charge in [0, 0.05) is 17.7 Å². The Hall–Kier alpha value is -2.44. The number of urea groups is 1. The third-order valence-corrected chi connectivity index (χ3v) is 7.85. The Morgan fingerprint density at radius 1 is 1.07 bits per heavy atom. The van der Waals surface area contributed by atoms with E-state index in [1.54, 1.807) is 20.7 Å². The second-order valence-corrected chi connectivity index (χ2v) is 10.0. The molecule has 29 heavy (non-hydrogen) atoms. The number of carbonyl (C=O) groups excluding carboxylic acids is 1. The van der Waals surface area contributed by atoms with Crippen molar-refractivity contribution < 1.29 is 4.79 Å². The van der Waals surface area contributed by atoms with Crippen molar-refractivity contribution in [2.75, 3.05) is 11.4 Å². The number of carbonyl (C=O) groups is 1. The van der Waals surface area contributed by atoms with Gasteiger partial charge in [0.25, 0.3) is 0 Å². The van der Waals surface area contributed by atoms with Crippen LogP contribution in [0.4, 0.5) is 16.2 Å². The van der Waals surface area contributed by atoms with E-state index < -0.39 is 5.54 Å². The molecule has 4 rings (SSSR count). The highest BCUT2D eigenvalue weighted by Gasteiger charge is 2.43. The lowest BCUT2D eigenvalue weighted by Gasteiger charge is -2.42. The summed E-state index contributed by atoms with van der Waals surface area (Å²) < 4.78 is 1.00. The topological polar surface area (TPSA) is 44.7 Å². The van der Waals surface area contributed by atoms with Gasteiger partial charge in [-0.1, -0.05) is 50.0 Å². The molecule has 0 atom stereocenters. The predicted molar refractivity (Wildman–Crippen MR) is 123 cm³/mol. The minimum Gasteiger partial charge on any atom is -0.338 e. The van der Waals surface area contributed by atoms with E-state index in [2.05, 4.69) is 75.5 Å². The summed E-state index contributed by atoms with van der Waals surface area (Å²) in [7, 11) is 3.40. The Bertz CT molecular complexity index is 1140. The summed E-state index contributed by atoms with van der Waals surface area (Å²) in [5.74, 6) is 0. The predicted octanol–water partition coefficient (Wildman–Crippen LogP) is 6.11. The molecule has 0 unspecified atom stereocenters. The summed E-state index contributed by atoms with van der Waals surface area (Å²) in [4.78, 5) is 21.0. The third-order valence-electron chi connectivity index (χ3n) is 5.22. The van der Waals surface area contributed by atoms with Gasteiger partial charge in [0.2, 0.25) is 0 Å². The normalized spacial score (nSPS) is 15.1. The van der Waals surface area contributed by atoms with E-state index in [-0.39, 0.29) is 6.03 Å². The molecule has 1 aliphatic rings. The van der Waals surface area contributed by atoms with E-state index in [9.17, 15) is 4.79 Å². The zero-order valence-corrected chi connectivity index (χ0v) is 19.0. The monoisotopic (exact) mass is 423 g/mol. The van der Waals surface area contributed by atoms with Crippen LogP contribution in [0.1, 0.15) is 36.8 Å². The summed E-state index contributed by atoms with van der Waals surface area (Å²) in [6, 6.07) is 14.5. The summed E-state index contributed by atoms with van der Waals surface area (Å²) in [6.45, 7) is 10.9. The molecular weight excluding hydrogens is 398 g/mol. The Balaban J connectivity index is 1.97. The minimum absolute atomic E-state index is 0.0660. The molecule has 2 aromatic carbocycles. The molecule has 0 radical (unpaired) electrons. The van der Waals surface area contributed by atoms with Crippen LogP contribution in [0, 0.1) is 13.8 Å². The van der Waals surface area contributed by atoms with Gasteiger partial charge in [0.05, 0.1) is 21.8 Å². The highest BCUT2D eigenvalue weighted by molar-refractivity contribution is 7.68. The SMILES string of the molecule is CCNC(=O)N1c2ccc(C)cc2-c2c(ssc2=Nc2ccc(C)cc2)C1(C)C. The zero-order chi connectivity index (χ0) is 20.8. The van der Waals surface area contributed by atoms with Crippen molar-refractivity contribution in [2.45, 2.75) is 40.2 Å². The number of fused-ring (bicyclic) bond motifs is 3. The van der Waals surface area contributed by atoms with Crippen LogP contribution >= 0.6 is 20.7 Å². The molecule has 0 saturated heterocycles. The highest BCUT2D eigenvalue weighted by atomic mass is 32.9. The number of amides is 2. The minimum atomic E-state index is -0.459. The fourth-order valence-electron chi connectivity index (χ4n) is 3.76. The van der Waals surface area contributed by atoms with Gasteiger partial charge >= 0.3 is 6.03 Å². The molecule has 1 N–H and O–H groups in total. The number of nitrogens with zero attached hydrogens (tertiary/aromatic N) is 2. The van der Waals surface area contributed by atoms with Gasteiger partial charge in [-0.2, -0.15) is 0 Å². The highest BCUT2D eigenvalue weighted by Crippen LogP contribution is 2.49. The molecule has 0 saturated carbocycles. The van der Waals surface area contributed by atoms with Crippen molar-refractivity contribution in [3.8, 4) is 11.1 Å². The number of aryl methyl sites for hydroxylation is 2. The van der Waals surface area contributed by atoms with Crippen LogP contribution in [0.3, 0.4) is 0 Å². The van der Waals surface area contributed by atoms with E-state index in [1.807, 2.05) is 11.8 Å². The summed E-state index contributed by atoms with van der Waals surface area (Å²) in [5, 5.41) is 2.98. The molecule has 0 spiro atoms. The van der Waals surface area contributed by atoms with Crippen molar-refractivity contribution in [2.24, 2.45) is 4.99 Å². The van der Waals surface area contributed by atoms with E-state index in [4.69, 9.17) is 4.99 Å². The first kappa shape index (κ1) is 19.9. The number of hydrogen-bond acceptors (Lipinski definition) is 4. The van der Waals surface area contributed by atoms with Gasteiger partial charge in [0.15, 0.2) is 0 Å². The van der Waals surface area contributed by atoms with Crippen molar-refractivity contribution in [1.29, 1.82) is 0 Å². The Morgan fingerprint density at radius 2 is 1.76 bits per heavy atom. The van der Waals surface area contributed by atoms with Crippen LogP contribution in [0.2, 0.25) is 0 Å². The maximum absolute atomic E-state index is 13.0. The molecule has 0 bridgehead atoms. The van der Waals surface area contributed by atoms with Crippen LogP contribution in [-0.2, 0) is 5.54 Å². The maximum atomic E-state index is 13.0. The van der Waals surface area contributed by atoms with Gasteiger partial charge in [-0.15, -0.1) is 0 Å². The molecule has 150 valence electrons. The quantitative estimate of drug-likeness (QED) is 0.497. The summed E-state index contributed by atoms with van der Waals surface area (Å²) in [6.07, 6.45) is 0. The van der Waals surface area contributed by atoms with Gasteiger partial charge in [-0.3, -0.25) is 4.90 Å². The lowest BCUT2D eigenvalue weighted by molar-refractivity contribution is 0.240. The molecule has 2 amide bonds. The number of rotatable bonds is 2. The van der Waals surface area contributed by atoms with Crippen molar-refractivity contribution in [3.63, 3.8) is 0 Å². The van der Waals surface area contributed by atoms with Crippen molar-refractivity contribution in [1.82, 2.24) is 5.32 Å². The molecular formula is C23H25N3OS2. The summed E-state index contributed by atoms with van der Waals surface area (Å²) in [5.41, 5.74) is 6.05. The average Bonchev–Trinajstić information content (AvgIpc) is 3.09. The molecule has 6 heteroatoms. The second-order valence-electron chi connectivity index (χ2n) is 7.87. The van der Waals surface area contributed by atoms with Gasteiger partial charge in [-0.05, 0) is 58.9 Å². The van der Waals surface area contributed by atoms with E-state index >= 15 is 0 Å². The van der Waals surface area contributed by atoms with Crippen LogP contribution in [0.25, 0.3) is 11.1 Å². The zero-order valence-electron chi connectivity index (χ0n) is 17.4. The molecule has 0 fully saturated rings. The molecule has 1 aliphatic heterocycles. The van der Waals surface area contributed by atoms with Crippen LogP contribution in [0.15, 0.2) is 47.5 Å². The molecule has 3 aromatic rings. The first-order valence-corrected chi connectivity index (χ1v) is 11.9. The lowest BCUT2D eigenvalue weighted by Crippen LogP contribution is -2.52. The van der Waals surface area contributed by atoms with E-state index in [0.29, 0.717) is 6.54 Å². The van der Waals surface area contributed by atoms with Gasteiger partial charge in [0.1, 0.15) is 4.67 Å². The fourth-order valence-corrected chi connectivity index (χ4v) is 6.72. The average molecular weight is 424 g/mol. The Morgan fingerprint density at radius 3 is 2.45 bits per heavy atom. The Labute approximate surface area is 178 Å². The van der Waals surface area contributed by atoms with Gasteiger partial charge in [-0.25, -0.2) is 9.79 Å². The van der Waals surface area contributed by atoms with Gasteiger partial charge < -0.3 is 5.32 Å². The smallest absolute Gasteiger partial charge is 0.322 e. The van der Waals surface area contributed by atoms with Crippen molar-refractivity contribution >= 4 is 38.1 Å². The molecule has 2 heterocycles. The number of nitrogens with one attached hydrogen (secondary N) is 1.